The van der Waals surface area contributed by atoms with Gasteiger partial charge in [0.1, 0.15) is 5.75 Å². The molecule has 98 valence electrons. The first-order chi connectivity index (χ1) is 9.24. The highest BCUT2D eigenvalue weighted by atomic mass is 16.5. The molecule has 0 heterocycles. The maximum Gasteiger partial charge on any atom is 0.255 e. The summed E-state index contributed by atoms with van der Waals surface area (Å²) in [5.41, 5.74) is 2.57. The number of aryl methyl sites for hydroxylation is 1. The van der Waals surface area contributed by atoms with E-state index in [0.717, 1.165) is 17.7 Å². The Morgan fingerprint density at radius 2 is 1.95 bits per heavy atom. The fourth-order valence-electron chi connectivity index (χ4n) is 1.91. The van der Waals surface area contributed by atoms with Crippen molar-refractivity contribution in [3.8, 4) is 5.75 Å². The first kappa shape index (κ1) is 13.1. The topological polar surface area (TPSA) is 38.3 Å². The Hall–Kier alpha value is -2.29. The van der Waals surface area contributed by atoms with Gasteiger partial charge in [0.25, 0.3) is 5.91 Å². The Morgan fingerprint density at radius 3 is 2.68 bits per heavy atom. The highest BCUT2D eigenvalue weighted by molar-refractivity contribution is 6.04. The number of benzene rings is 2. The van der Waals surface area contributed by atoms with E-state index < -0.39 is 0 Å². The molecule has 3 heteroatoms. The van der Waals surface area contributed by atoms with Crippen LogP contribution in [0, 0.1) is 0 Å². The molecule has 1 N–H and O–H groups in total. The molecule has 1 amide bonds. The normalized spacial score (nSPS) is 10.0. The second-order valence-electron chi connectivity index (χ2n) is 4.20. The first-order valence-electron chi connectivity index (χ1n) is 6.28. The standard InChI is InChI=1S/C16H17NO2/c1-3-12-7-4-5-10-15(12)17-16(18)13-8-6-9-14(11-13)19-2/h4-11H,3H2,1-2H3,(H,17,18). The van der Waals surface area contributed by atoms with Crippen LogP contribution in [0.1, 0.15) is 22.8 Å². The van der Waals surface area contributed by atoms with Gasteiger partial charge in [-0.15, -0.1) is 0 Å². The quantitative estimate of drug-likeness (QED) is 0.908. The molecule has 2 rings (SSSR count). The highest BCUT2D eigenvalue weighted by Crippen LogP contribution is 2.18. The van der Waals surface area contributed by atoms with Crippen LogP contribution in [0.4, 0.5) is 5.69 Å². The molecule has 0 unspecified atom stereocenters. The molecule has 0 aliphatic carbocycles. The average Bonchev–Trinajstić information content (AvgIpc) is 2.47. The molecule has 0 aliphatic heterocycles. The molecule has 2 aromatic rings. The third-order valence-electron chi connectivity index (χ3n) is 2.98. The van der Waals surface area contributed by atoms with Crippen molar-refractivity contribution in [1.29, 1.82) is 0 Å². The van der Waals surface area contributed by atoms with Crippen LogP contribution < -0.4 is 10.1 Å². The molecule has 19 heavy (non-hydrogen) atoms. The Balaban J connectivity index is 2.20. The summed E-state index contributed by atoms with van der Waals surface area (Å²) < 4.78 is 5.12. The molecular formula is C16H17NO2. The Bertz CT molecular complexity index is 578. The van der Waals surface area contributed by atoms with Crippen molar-refractivity contribution in [3.05, 3.63) is 59.7 Å². The third kappa shape index (κ3) is 3.13. The monoisotopic (exact) mass is 255 g/mol. The van der Waals surface area contributed by atoms with Crippen molar-refractivity contribution in [1.82, 2.24) is 0 Å². The van der Waals surface area contributed by atoms with E-state index in [0.29, 0.717) is 11.3 Å². The van der Waals surface area contributed by atoms with Gasteiger partial charge in [0.2, 0.25) is 0 Å². The van der Waals surface area contributed by atoms with Gasteiger partial charge in [0.15, 0.2) is 0 Å². The van der Waals surface area contributed by atoms with Crippen molar-refractivity contribution in [2.75, 3.05) is 12.4 Å². The van der Waals surface area contributed by atoms with Gasteiger partial charge in [-0.25, -0.2) is 0 Å². The summed E-state index contributed by atoms with van der Waals surface area (Å²) in [4.78, 5) is 12.2. The van der Waals surface area contributed by atoms with Crippen LogP contribution in [0.25, 0.3) is 0 Å². The van der Waals surface area contributed by atoms with Gasteiger partial charge in [-0.2, -0.15) is 0 Å². The number of carbonyl (C=O) groups is 1. The fraction of sp³-hybridized carbons (Fsp3) is 0.188. The minimum absolute atomic E-state index is 0.125. The zero-order chi connectivity index (χ0) is 13.7. The summed E-state index contributed by atoms with van der Waals surface area (Å²) in [6.45, 7) is 2.07. The van der Waals surface area contributed by atoms with Gasteiger partial charge < -0.3 is 10.1 Å². The number of hydrogen-bond donors (Lipinski definition) is 1. The zero-order valence-corrected chi connectivity index (χ0v) is 11.1. The average molecular weight is 255 g/mol. The van der Waals surface area contributed by atoms with Crippen molar-refractivity contribution in [2.24, 2.45) is 0 Å². The Morgan fingerprint density at radius 1 is 1.16 bits per heavy atom. The van der Waals surface area contributed by atoms with E-state index in [1.165, 1.54) is 0 Å². The van der Waals surface area contributed by atoms with Gasteiger partial charge in [-0.3, -0.25) is 4.79 Å². The SMILES string of the molecule is CCc1ccccc1NC(=O)c1cccc(OC)c1. The summed E-state index contributed by atoms with van der Waals surface area (Å²) >= 11 is 0. The molecule has 0 spiro atoms. The molecule has 0 bridgehead atoms. The number of hydrogen-bond acceptors (Lipinski definition) is 2. The predicted octanol–water partition coefficient (Wildman–Crippen LogP) is 3.51. The lowest BCUT2D eigenvalue weighted by Crippen LogP contribution is -2.13. The number of methoxy groups -OCH3 is 1. The molecular weight excluding hydrogens is 238 g/mol. The van der Waals surface area contributed by atoms with Crippen LogP contribution in [0.15, 0.2) is 48.5 Å². The van der Waals surface area contributed by atoms with E-state index in [1.54, 1.807) is 25.3 Å². The number of carbonyl (C=O) groups excluding carboxylic acids is 1. The van der Waals surface area contributed by atoms with Crippen LogP contribution in [0.2, 0.25) is 0 Å². The van der Waals surface area contributed by atoms with E-state index in [1.807, 2.05) is 30.3 Å². The summed E-state index contributed by atoms with van der Waals surface area (Å²) in [5, 5.41) is 2.93. The predicted molar refractivity (Wildman–Crippen MR) is 76.8 cm³/mol. The molecule has 0 radical (unpaired) electrons. The lowest BCUT2D eigenvalue weighted by molar-refractivity contribution is 0.102. The molecule has 0 aromatic heterocycles. The molecule has 0 saturated heterocycles. The minimum Gasteiger partial charge on any atom is -0.497 e. The zero-order valence-electron chi connectivity index (χ0n) is 11.1. The third-order valence-corrected chi connectivity index (χ3v) is 2.98. The smallest absolute Gasteiger partial charge is 0.255 e. The molecule has 2 aromatic carbocycles. The van der Waals surface area contributed by atoms with Crippen molar-refractivity contribution >= 4 is 11.6 Å². The lowest BCUT2D eigenvalue weighted by atomic mass is 10.1. The van der Waals surface area contributed by atoms with E-state index >= 15 is 0 Å². The van der Waals surface area contributed by atoms with Crippen molar-refractivity contribution < 1.29 is 9.53 Å². The second-order valence-corrected chi connectivity index (χ2v) is 4.20. The van der Waals surface area contributed by atoms with Crippen LogP contribution in [0.5, 0.6) is 5.75 Å². The number of nitrogens with one attached hydrogen (secondary N) is 1. The highest BCUT2D eigenvalue weighted by Gasteiger charge is 2.08. The Kier molecular flexibility index (Phi) is 4.18. The maximum absolute atomic E-state index is 12.2. The largest absolute Gasteiger partial charge is 0.497 e. The number of ether oxygens (including phenoxy) is 1. The first-order valence-corrected chi connectivity index (χ1v) is 6.28. The Labute approximate surface area is 113 Å². The molecule has 0 fully saturated rings. The van der Waals surface area contributed by atoms with E-state index in [9.17, 15) is 4.79 Å². The second kappa shape index (κ2) is 6.05. The van der Waals surface area contributed by atoms with Crippen LogP contribution in [-0.2, 0) is 6.42 Å². The van der Waals surface area contributed by atoms with E-state index in [2.05, 4.69) is 12.2 Å². The van der Waals surface area contributed by atoms with Crippen molar-refractivity contribution in [2.45, 2.75) is 13.3 Å². The number of para-hydroxylation sites is 1. The van der Waals surface area contributed by atoms with Crippen LogP contribution in [-0.4, -0.2) is 13.0 Å². The minimum atomic E-state index is -0.125. The summed E-state index contributed by atoms with van der Waals surface area (Å²) in [6.07, 6.45) is 0.883. The maximum atomic E-state index is 12.2. The van der Waals surface area contributed by atoms with Gasteiger partial charge >= 0.3 is 0 Å². The number of rotatable bonds is 4. The summed E-state index contributed by atoms with van der Waals surface area (Å²) in [5.74, 6) is 0.552. The van der Waals surface area contributed by atoms with Crippen LogP contribution in [0.3, 0.4) is 0 Å². The fourth-order valence-corrected chi connectivity index (χ4v) is 1.91. The van der Waals surface area contributed by atoms with Crippen LogP contribution >= 0.6 is 0 Å². The molecule has 0 atom stereocenters. The number of amides is 1. The number of anilines is 1. The summed E-state index contributed by atoms with van der Waals surface area (Å²) in [7, 11) is 1.59. The van der Waals surface area contributed by atoms with Gasteiger partial charge in [-0.05, 0) is 36.2 Å². The molecule has 0 saturated carbocycles. The van der Waals surface area contributed by atoms with Gasteiger partial charge in [0.05, 0.1) is 7.11 Å². The molecule has 3 nitrogen and oxygen atoms in total. The lowest BCUT2D eigenvalue weighted by Gasteiger charge is -2.10. The van der Waals surface area contributed by atoms with Crippen molar-refractivity contribution in [3.63, 3.8) is 0 Å². The summed E-state index contributed by atoms with van der Waals surface area (Å²) in [6, 6.07) is 14.9. The van der Waals surface area contributed by atoms with E-state index in [-0.39, 0.29) is 5.91 Å². The molecule has 0 aliphatic rings. The van der Waals surface area contributed by atoms with E-state index in [4.69, 9.17) is 4.74 Å². The van der Waals surface area contributed by atoms with Gasteiger partial charge in [-0.1, -0.05) is 31.2 Å². The van der Waals surface area contributed by atoms with Gasteiger partial charge in [0, 0.05) is 11.3 Å².